The standard InChI is InChI=1S/C40H69N9O4/c1-3-4-5-9-12-18-29-27-30-21-22-33-34(28(2)45-40(46-29)49(30)33)36(50)52-25-15-11-8-6-7-10-13-19-31-35(32-20-17-24-48(32)39(43)47-31)37(51)53-26-16-14-23-44-38(41)42/h28-31,33-34H,3-27H2,1-2H3,(H2,43,47)(H,45,46)(H4,41,42,44)/t28-,29-,30+,31-,33+,34+/m1/s1. The third-order valence-electron chi connectivity index (χ3n) is 11.9. The lowest BCUT2D eigenvalue weighted by Gasteiger charge is -2.46. The number of carbonyl (C=O) groups excluding carboxylic acids is 2. The Bertz CT molecular complexity index is 1330. The van der Waals surface area contributed by atoms with Crippen LogP contribution in [0.5, 0.6) is 0 Å². The first-order chi connectivity index (χ1) is 25.8. The van der Waals surface area contributed by atoms with Gasteiger partial charge in [-0.1, -0.05) is 77.6 Å². The SMILES string of the molecule is CCCCCCC[C@@H]1C[C@@H]2CC[C@H]3[C@@H](C(=O)OCCCCCCCCC[C@H]4N=C(N)N5CCCC5=C4C(=O)OCCCCN=C(N)N)[C@@H](C)N=C(N1)N23. The van der Waals surface area contributed by atoms with Gasteiger partial charge in [-0.2, -0.15) is 0 Å². The van der Waals surface area contributed by atoms with Crippen LogP contribution >= 0.6 is 0 Å². The van der Waals surface area contributed by atoms with E-state index in [2.05, 4.69) is 29.1 Å². The fraction of sp³-hybridized carbons (Fsp3) is 0.825. The van der Waals surface area contributed by atoms with Crippen molar-refractivity contribution in [1.29, 1.82) is 0 Å². The fourth-order valence-electron chi connectivity index (χ4n) is 9.12. The van der Waals surface area contributed by atoms with Crippen molar-refractivity contribution in [2.24, 2.45) is 38.1 Å². The minimum Gasteiger partial charge on any atom is -0.465 e. The summed E-state index contributed by atoms with van der Waals surface area (Å²) in [4.78, 5) is 44.7. The predicted octanol–water partition coefficient (Wildman–Crippen LogP) is 5.22. The van der Waals surface area contributed by atoms with Crippen LogP contribution in [0.4, 0.5) is 0 Å². The van der Waals surface area contributed by atoms with Crippen LogP contribution < -0.4 is 22.5 Å². The zero-order chi connectivity index (χ0) is 37.6. The molecule has 0 aromatic heterocycles. The number of esters is 2. The Morgan fingerprint density at radius 1 is 0.887 bits per heavy atom. The first-order valence-electron chi connectivity index (χ1n) is 21.1. The quantitative estimate of drug-likeness (QED) is 0.0468. The highest BCUT2D eigenvalue weighted by atomic mass is 16.5. The summed E-state index contributed by atoms with van der Waals surface area (Å²) in [5, 5.41) is 3.75. The van der Waals surface area contributed by atoms with Crippen LogP contribution in [-0.4, -0.2) is 96.1 Å². The summed E-state index contributed by atoms with van der Waals surface area (Å²) in [6.07, 6.45) is 22.4. The number of fused-ring (bicyclic) bond motifs is 1. The zero-order valence-electron chi connectivity index (χ0n) is 32.7. The first kappa shape index (κ1) is 40.7. The second-order valence-electron chi connectivity index (χ2n) is 15.9. The van der Waals surface area contributed by atoms with Gasteiger partial charge in [0.2, 0.25) is 0 Å². The molecule has 0 amide bonds. The van der Waals surface area contributed by atoms with Gasteiger partial charge in [0.05, 0.1) is 36.8 Å². The molecular weight excluding hydrogens is 670 g/mol. The maximum Gasteiger partial charge on any atom is 0.337 e. The Kier molecular flexibility index (Phi) is 16.0. The van der Waals surface area contributed by atoms with Crippen LogP contribution in [0.1, 0.15) is 149 Å². The van der Waals surface area contributed by atoms with Crippen LogP contribution in [0.3, 0.4) is 0 Å². The molecule has 7 N–H and O–H groups in total. The highest BCUT2D eigenvalue weighted by Gasteiger charge is 2.51. The van der Waals surface area contributed by atoms with Crippen LogP contribution in [0, 0.1) is 5.92 Å². The van der Waals surface area contributed by atoms with Gasteiger partial charge < -0.3 is 41.8 Å². The van der Waals surface area contributed by atoms with Crippen molar-refractivity contribution in [3.63, 3.8) is 0 Å². The van der Waals surface area contributed by atoms with E-state index in [1.807, 2.05) is 4.90 Å². The number of nitrogens with zero attached hydrogens (tertiary/aromatic N) is 5. The molecule has 0 aliphatic carbocycles. The predicted molar refractivity (Wildman–Crippen MR) is 211 cm³/mol. The van der Waals surface area contributed by atoms with Crippen molar-refractivity contribution in [3.05, 3.63) is 11.3 Å². The van der Waals surface area contributed by atoms with E-state index >= 15 is 0 Å². The van der Waals surface area contributed by atoms with E-state index in [-0.39, 0.29) is 41.9 Å². The Hall–Kier alpha value is -3.51. The van der Waals surface area contributed by atoms with Crippen LogP contribution in [0.25, 0.3) is 0 Å². The van der Waals surface area contributed by atoms with Crippen molar-refractivity contribution in [1.82, 2.24) is 15.1 Å². The zero-order valence-corrected chi connectivity index (χ0v) is 32.7. The Balaban J connectivity index is 0.954. The Labute approximate surface area is 318 Å². The smallest absolute Gasteiger partial charge is 0.337 e. The van der Waals surface area contributed by atoms with Crippen molar-refractivity contribution in [2.45, 2.75) is 179 Å². The molecule has 0 aromatic carbocycles. The van der Waals surface area contributed by atoms with E-state index in [0.717, 1.165) is 108 Å². The van der Waals surface area contributed by atoms with E-state index < -0.39 is 0 Å². The topological polar surface area (TPSA) is 186 Å². The summed E-state index contributed by atoms with van der Waals surface area (Å²) in [7, 11) is 0. The summed E-state index contributed by atoms with van der Waals surface area (Å²) in [5.41, 5.74) is 18.7. The molecule has 5 aliphatic heterocycles. The van der Waals surface area contributed by atoms with E-state index in [1.165, 1.54) is 38.5 Å². The number of hydrogen-bond donors (Lipinski definition) is 4. The number of ether oxygens (including phenoxy) is 2. The maximum atomic E-state index is 13.4. The van der Waals surface area contributed by atoms with E-state index in [1.54, 1.807) is 0 Å². The third-order valence-corrected chi connectivity index (χ3v) is 11.9. The lowest BCUT2D eigenvalue weighted by atomic mass is 9.89. The number of unbranched alkanes of at least 4 members (excludes halogenated alkanes) is 11. The summed E-state index contributed by atoms with van der Waals surface area (Å²) >= 11 is 0. The van der Waals surface area contributed by atoms with Gasteiger partial charge >= 0.3 is 11.9 Å². The molecule has 0 spiro atoms. The lowest BCUT2D eigenvalue weighted by molar-refractivity contribution is -0.151. The third kappa shape index (κ3) is 11.3. The number of carbonyl (C=O) groups is 2. The molecule has 0 saturated carbocycles. The summed E-state index contributed by atoms with van der Waals surface area (Å²) in [6, 6.07) is 0.880. The lowest BCUT2D eigenvalue weighted by Crippen LogP contribution is -2.63. The number of nitrogens with one attached hydrogen (secondary N) is 1. The highest BCUT2D eigenvalue weighted by Crippen LogP contribution is 2.40. The number of hydrogen-bond acceptors (Lipinski definition) is 11. The van der Waals surface area contributed by atoms with Crippen molar-refractivity contribution < 1.29 is 19.1 Å². The number of aliphatic imine (C=N–C) groups is 3. The number of rotatable bonds is 23. The molecule has 0 aromatic rings. The molecule has 0 unspecified atom stereocenters. The van der Waals surface area contributed by atoms with E-state index in [4.69, 9.17) is 36.7 Å². The molecule has 53 heavy (non-hydrogen) atoms. The largest absolute Gasteiger partial charge is 0.465 e. The highest BCUT2D eigenvalue weighted by molar-refractivity contribution is 5.95. The molecule has 0 radical (unpaired) electrons. The fourth-order valence-corrected chi connectivity index (χ4v) is 9.12. The van der Waals surface area contributed by atoms with Crippen molar-refractivity contribution in [3.8, 4) is 0 Å². The minimum absolute atomic E-state index is 0.0630. The molecule has 6 atom stereocenters. The average molecular weight is 740 g/mol. The van der Waals surface area contributed by atoms with Crippen LogP contribution in [-0.2, 0) is 19.1 Å². The molecule has 5 aliphatic rings. The average Bonchev–Trinajstić information content (AvgIpc) is 3.79. The summed E-state index contributed by atoms with van der Waals surface area (Å²) in [5.74, 6) is 1.08. The molecule has 0 bridgehead atoms. The van der Waals surface area contributed by atoms with Crippen LogP contribution in [0.15, 0.2) is 26.2 Å². The molecule has 5 rings (SSSR count). The van der Waals surface area contributed by atoms with Gasteiger partial charge in [-0.05, 0) is 71.1 Å². The molecule has 13 heteroatoms. The second kappa shape index (κ2) is 20.8. The van der Waals surface area contributed by atoms with Gasteiger partial charge in [0, 0.05) is 36.9 Å². The van der Waals surface area contributed by atoms with Crippen molar-refractivity contribution >= 4 is 29.8 Å². The Morgan fingerprint density at radius 2 is 1.58 bits per heavy atom. The number of allylic oxidation sites excluding steroid dienone is 1. The molecule has 3 saturated heterocycles. The number of nitrogens with two attached hydrogens (primary N) is 3. The van der Waals surface area contributed by atoms with Gasteiger partial charge in [-0.3, -0.25) is 9.79 Å². The number of guanidine groups is 3. The summed E-state index contributed by atoms with van der Waals surface area (Å²) < 4.78 is 11.6. The second-order valence-corrected chi connectivity index (χ2v) is 15.9. The van der Waals surface area contributed by atoms with Gasteiger partial charge in [-0.15, -0.1) is 0 Å². The maximum absolute atomic E-state index is 13.4. The molecule has 5 heterocycles. The molecule has 3 fully saturated rings. The molecular formula is C40H69N9O4. The van der Waals surface area contributed by atoms with Gasteiger partial charge in [0.25, 0.3) is 0 Å². The first-order valence-corrected chi connectivity index (χ1v) is 21.1. The summed E-state index contributed by atoms with van der Waals surface area (Å²) in [6.45, 7) is 6.47. The van der Waals surface area contributed by atoms with Crippen molar-refractivity contribution in [2.75, 3.05) is 26.3 Å². The minimum atomic E-state index is -0.279. The Morgan fingerprint density at radius 3 is 2.36 bits per heavy atom. The van der Waals surface area contributed by atoms with Gasteiger partial charge in [0.1, 0.15) is 0 Å². The molecule has 13 nitrogen and oxygen atoms in total. The van der Waals surface area contributed by atoms with E-state index in [9.17, 15) is 9.59 Å². The molecule has 298 valence electrons. The monoisotopic (exact) mass is 740 g/mol. The van der Waals surface area contributed by atoms with Gasteiger partial charge in [0.15, 0.2) is 17.9 Å². The van der Waals surface area contributed by atoms with Gasteiger partial charge in [-0.25, -0.2) is 14.8 Å². The normalized spacial score (nSPS) is 26.0. The van der Waals surface area contributed by atoms with E-state index in [0.29, 0.717) is 49.8 Å². The van der Waals surface area contributed by atoms with Crippen LogP contribution in [0.2, 0.25) is 0 Å².